The van der Waals surface area contributed by atoms with Crippen molar-refractivity contribution >= 4 is 43.9 Å². The molecule has 0 atom stereocenters. The number of para-hydroxylation sites is 3. The smallest absolute Gasteiger partial charge is 0.0973 e. The van der Waals surface area contributed by atoms with Gasteiger partial charge in [0, 0.05) is 10.8 Å². The lowest BCUT2D eigenvalue weighted by atomic mass is 10.0. The number of aromatic amines is 1. The van der Waals surface area contributed by atoms with Crippen LogP contribution in [0.5, 0.6) is 0 Å². The number of nitrogens with one attached hydrogen (secondary N) is 1. The van der Waals surface area contributed by atoms with E-state index in [-0.39, 0.29) is 0 Å². The molecule has 5 aromatic rings. The molecule has 27 heavy (non-hydrogen) atoms. The van der Waals surface area contributed by atoms with E-state index in [0.717, 1.165) is 39.5 Å². The Morgan fingerprint density at radius 1 is 0.778 bits per heavy atom. The molecule has 0 bridgehead atoms. The highest BCUT2D eigenvalue weighted by atomic mass is 14.8. The van der Waals surface area contributed by atoms with Crippen molar-refractivity contribution in [3.05, 3.63) is 60.2 Å². The Morgan fingerprint density at radius 3 is 2.44 bits per heavy atom. The minimum Gasteiger partial charge on any atom is -0.352 e. The zero-order chi connectivity index (χ0) is 18.2. The Bertz CT molecular complexity index is 1270. The molecule has 1 N–H and O–H groups in total. The second-order valence-electron chi connectivity index (χ2n) is 7.35. The van der Waals surface area contributed by atoms with Crippen LogP contribution in [-0.2, 0) is 6.42 Å². The van der Waals surface area contributed by atoms with Gasteiger partial charge >= 0.3 is 0 Å². The first-order valence-corrected chi connectivity index (χ1v) is 9.94. The monoisotopic (exact) mass is 353 g/mol. The van der Waals surface area contributed by atoms with Crippen LogP contribution >= 0.6 is 0 Å². The van der Waals surface area contributed by atoms with Gasteiger partial charge in [0.15, 0.2) is 0 Å². The molecule has 0 amide bonds. The van der Waals surface area contributed by atoms with Crippen molar-refractivity contribution < 1.29 is 0 Å². The average molecular weight is 353 g/mol. The van der Waals surface area contributed by atoms with Crippen molar-refractivity contribution in [2.24, 2.45) is 0 Å². The van der Waals surface area contributed by atoms with E-state index in [0.29, 0.717) is 0 Å². The van der Waals surface area contributed by atoms with E-state index in [1.54, 1.807) is 0 Å². The summed E-state index contributed by atoms with van der Waals surface area (Å²) in [6, 6.07) is 18.9. The van der Waals surface area contributed by atoms with E-state index in [1.807, 2.05) is 6.07 Å². The minimum absolute atomic E-state index is 0.993. The van der Waals surface area contributed by atoms with Crippen molar-refractivity contribution in [2.45, 2.75) is 39.0 Å². The Balaban J connectivity index is 1.81. The third kappa shape index (κ3) is 2.74. The summed E-state index contributed by atoms with van der Waals surface area (Å²) in [5, 5.41) is 2.39. The maximum absolute atomic E-state index is 5.01. The second kappa shape index (κ2) is 6.66. The molecule has 0 aliphatic heterocycles. The van der Waals surface area contributed by atoms with Crippen LogP contribution in [0.15, 0.2) is 54.6 Å². The number of aryl methyl sites for hydroxylation is 1. The normalized spacial score (nSPS) is 11.9. The summed E-state index contributed by atoms with van der Waals surface area (Å²) in [6.07, 6.45) is 6.10. The zero-order valence-corrected chi connectivity index (χ0v) is 15.6. The molecule has 0 saturated carbocycles. The van der Waals surface area contributed by atoms with Crippen LogP contribution in [0.1, 0.15) is 38.2 Å². The molecule has 2 aromatic heterocycles. The standard InChI is InChI=1S/C24H23N3/c1-2-3-4-5-10-16-15-21-24(27-20-14-9-8-13-19(20)25-21)22-17-11-6-7-12-18(17)26-23(16)22/h6-9,11-15,25H,2-5,10H2,1H3. The molecule has 2 heterocycles. The predicted molar refractivity (Wildman–Crippen MR) is 114 cm³/mol. The summed E-state index contributed by atoms with van der Waals surface area (Å²) in [4.78, 5) is 13.6. The van der Waals surface area contributed by atoms with E-state index in [2.05, 4.69) is 60.4 Å². The van der Waals surface area contributed by atoms with Gasteiger partial charge in [-0.1, -0.05) is 56.5 Å². The Labute approximate surface area is 158 Å². The average Bonchev–Trinajstić information content (AvgIpc) is 3.10. The Kier molecular flexibility index (Phi) is 4.01. The molecule has 5 rings (SSSR count). The van der Waals surface area contributed by atoms with Gasteiger partial charge in [0.1, 0.15) is 0 Å². The maximum Gasteiger partial charge on any atom is 0.0973 e. The van der Waals surface area contributed by atoms with Crippen molar-refractivity contribution in [2.75, 3.05) is 0 Å². The van der Waals surface area contributed by atoms with E-state index in [1.165, 1.54) is 42.0 Å². The van der Waals surface area contributed by atoms with Gasteiger partial charge in [-0.2, -0.15) is 0 Å². The van der Waals surface area contributed by atoms with Gasteiger partial charge in [-0.15, -0.1) is 0 Å². The highest BCUT2D eigenvalue weighted by molar-refractivity contribution is 6.19. The molecule has 3 aromatic carbocycles. The lowest BCUT2D eigenvalue weighted by molar-refractivity contribution is 0.668. The lowest BCUT2D eigenvalue weighted by Crippen LogP contribution is -1.93. The summed E-state index contributed by atoms with van der Waals surface area (Å²) in [5.74, 6) is 0. The molecule has 0 spiro atoms. The molecule has 0 radical (unpaired) electrons. The second-order valence-corrected chi connectivity index (χ2v) is 7.35. The molecular weight excluding hydrogens is 330 g/mol. The fourth-order valence-electron chi connectivity index (χ4n) is 4.09. The topological polar surface area (TPSA) is 41.6 Å². The Morgan fingerprint density at radius 2 is 1.56 bits per heavy atom. The molecule has 3 heteroatoms. The van der Waals surface area contributed by atoms with Gasteiger partial charge in [-0.25, -0.2) is 9.97 Å². The van der Waals surface area contributed by atoms with Gasteiger partial charge in [-0.3, -0.25) is 0 Å². The summed E-state index contributed by atoms with van der Waals surface area (Å²) in [5.41, 5.74) is 7.70. The molecule has 0 aliphatic rings. The van der Waals surface area contributed by atoms with E-state index in [4.69, 9.17) is 9.97 Å². The number of nitrogens with zero attached hydrogens (tertiary/aromatic N) is 2. The zero-order valence-electron chi connectivity index (χ0n) is 15.6. The van der Waals surface area contributed by atoms with Crippen LogP contribution in [0.25, 0.3) is 43.9 Å². The summed E-state index contributed by atoms with van der Waals surface area (Å²) in [6.45, 7) is 2.26. The van der Waals surface area contributed by atoms with Crippen LogP contribution in [0.4, 0.5) is 0 Å². The van der Waals surface area contributed by atoms with E-state index in [9.17, 15) is 0 Å². The van der Waals surface area contributed by atoms with Crippen LogP contribution < -0.4 is 0 Å². The number of benzene rings is 3. The summed E-state index contributed by atoms with van der Waals surface area (Å²) < 4.78 is 0. The number of H-pyrrole nitrogens is 1. The summed E-state index contributed by atoms with van der Waals surface area (Å²) >= 11 is 0. The van der Waals surface area contributed by atoms with Crippen molar-refractivity contribution in [3.8, 4) is 0 Å². The predicted octanol–water partition coefficient (Wildman–Crippen LogP) is 6.54. The first kappa shape index (κ1) is 16.2. The number of aromatic nitrogens is 3. The fraction of sp³-hybridized carbons (Fsp3) is 0.250. The van der Waals surface area contributed by atoms with Crippen LogP contribution in [0.3, 0.4) is 0 Å². The van der Waals surface area contributed by atoms with E-state index >= 15 is 0 Å². The third-order valence-corrected chi connectivity index (χ3v) is 5.46. The molecule has 0 saturated heterocycles. The SMILES string of the molecule is CCCCCCc1cc2[nH]c3ccccc3nc2c2c1nc1ccccc12. The minimum atomic E-state index is 0.993. The van der Waals surface area contributed by atoms with Gasteiger partial charge in [0.25, 0.3) is 0 Å². The van der Waals surface area contributed by atoms with Gasteiger partial charge < -0.3 is 4.98 Å². The summed E-state index contributed by atoms with van der Waals surface area (Å²) in [7, 11) is 0. The molecule has 0 aliphatic carbocycles. The van der Waals surface area contributed by atoms with Crippen LogP contribution in [0.2, 0.25) is 0 Å². The fourth-order valence-corrected chi connectivity index (χ4v) is 4.09. The lowest BCUT2D eigenvalue weighted by Gasteiger charge is -2.09. The maximum atomic E-state index is 5.01. The highest BCUT2D eigenvalue weighted by Gasteiger charge is 2.15. The van der Waals surface area contributed by atoms with Gasteiger partial charge in [-0.05, 0) is 42.7 Å². The van der Waals surface area contributed by atoms with Crippen molar-refractivity contribution in [3.63, 3.8) is 0 Å². The number of rotatable bonds is 5. The number of hydrogen-bond donors (Lipinski definition) is 1. The van der Waals surface area contributed by atoms with Crippen LogP contribution in [0, 0.1) is 0 Å². The largest absolute Gasteiger partial charge is 0.352 e. The molecule has 134 valence electrons. The quantitative estimate of drug-likeness (QED) is 0.288. The van der Waals surface area contributed by atoms with Crippen molar-refractivity contribution in [1.29, 1.82) is 0 Å². The molecule has 3 nitrogen and oxygen atoms in total. The highest BCUT2D eigenvalue weighted by Crippen LogP contribution is 2.34. The van der Waals surface area contributed by atoms with Crippen LogP contribution in [-0.4, -0.2) is 15.0 Å². The molecular formula is C24H23N3. The molecule has 0 unspecified atom stereocenters. The third-order valence-electron chi connectivity index (χ3n) is 5.46. The molecule has 0 fully saturated rings. The van der Waals surface area contributed by atoms with Gasteiger partial charge in [0.05, 0.1) is 33.1 Å². The van der Waals surface area contributed by atoms with E-state index < -0.39 is 0 Å². The first-order valence-electron chi connectivity index (χ1n) is 9.94. The number of hydrogen-bond acceptors (Lipinski definition) is 2. The van der Waals surface area contributed by atoms with Gasteiger partial charge in [0.2, 0.25) is 0 Å². The first-order chi connectivity index (χ1) is 13.3. The van der Waals surface area contributed by atoms with Crippen molar-refractivity contribution in [1.82, 2.24) is 15.0 Å². The Hall–Kier alpha value is -2.94. The number of fused-ring (bicyclic) bond motifs is 6. The number of unbranched alkanes of at least 4 members (excludes halogenated alkanes) is 3.